The quantitative estimate of drug-likeness (QED) is 0.364. The van der Waals surface area contributed by atoms with Gasteiger partial charge in [-0.3, -0.25) is 0 Å². The molecule has 0 bridgehead atoms. The molecule has 0 unspecified atom stereocenters. The number of benzene rings is 1. The Morgan fingerprint density at radius 1 is 1.19 bits per heavy atom. The fourth-order valence-corrected chi connectivity index (χ4v) is 5.65. The Hall–Kier alpha value is -3.39. The van der Waals surface area contributed by atoms with Crippen LogP contribution in [0.3, 0.4) is 0 Å². The van der Waals surface area contributed by atoms with Gasteiger partial charge in [-0.25, -0.2) is 14.5 Å². The third-order valence-electron chi connectivity index (χ3n) is 5.95. The van der Waals surface area contributed by atoms with Gasteiger partial charge in [-0.2, -0.15) is 0 Å². The second-order valence-corrected chi connectivity index (χ2v) is 9.27. The molecule has 5 aromatic rings. The van der Waals surface area contributed by atoms with Crippen molar-refractivity contribution in [1.29, 1.82) is 0 Å². The van der Waals surface area contributed by atoms with Crippen molar-refractivity contribution in [2.24, 2.45) is 5.92 Å². The van der Waals surface area contributed by atoms with Crippen LogP contribution in [0.4, 0.5) is 0 Å². The largest absolute Gasteiger partial charge is 0.493 e. The van der Waals surface area contributed by atoms with E-state index in [1.165, 1.54) is 16.9 Å². The first-order valence-corrected chi connectivity index (χ1v) is 11.5. The van der Waals surface area contributed by atoms with E-state index in [9.17, 15) is 0 Å². The van der Waals surface area contributed by atoms with E-state index in [0.29, 0.717) is 28.8 Å². The van der Waals surface area contributed by atoms with E-state index in [2.05, 4.69) is 17.0 Å². The summed E-state index contributed by atoms with van der Waals surface area (Å²) in [4.78, 5) is 12.0. The topological polar surface area (TPSA) is 74.7 Å². The maximum absolute atomic E-state index is 5.99. The Morgan fingerprint density at radius 3 is 2.94 bits per heavy atom. The highest BCUT2D eigenvalue weighted by atomic mass is 32.1. The predicted molar refractivity (Wildman–Crippen MR) is 122 cm³/mol. The Morgan fingerprint density at radius 2 is 2.06 bits per heavy atom. The lowest BCUT2D eigenvalue weighted by atomic mass is 9.89. The van der Waals surface area contributed by atoms with Crippen LogP contribution in [0.15, 0.2) is 47.1 Å². The van der Waals surface area contributed by atoms with Crippen LogP contribution in [0, 0.1) is 5.92 Å². The first-order valence-electron chi connectivity index (χ1n) is 10.7. The first-order chi connectivity index (χ1) is 15.7. The van der Waals surface area contributed by atoms with Crippen molar-refractivity contribution in [2.45, 2.75) is 32.8 Å². The minimum atomic E-state index is 0.287. The third kappa shape index (κ3) is 3.22. The van der Waals surface area contributed by atoms with Crippen LogP contribution in [0.1, 0.15) is 29.5 Å². The average molecular weight is 447 g/mol. The Balaban J connectivity index is 1.31. The number of nitrogens with zero attached hydrogens (tertiary/aromatic N) is 4. The second kappa shape index (κ2) is 7.63. The molecule has 1 aliphatic rings. The Kier molecular flexibility index (Phi) is 4.61. The minimum Gasteiger partial charge on any atom is -0.493 e. The standard InChI is InChI=1S/C24H22N4O3S/c1-14-7-9-16-20(11-14)32-24-21(16)23-26-22(27-28(23)13-25-24)19-10-8-15(31-19)12-30-18-6-4-3-5-17(18)29-2/h3-6,8,10,13-14H,7,9,11-12H2,1-2H3/t14-/m1/s1. The lowest BCUT2D eigenvalue weighted by molar-refractivity contribution is 0.257. The van der Waals surface area contributed by atoms with Crippen LogP contribution in [0.5, 0.6) is 11.5 Å². The van der Waals surface area contributed by atoms with E-state index in [0.717, 1.165) is 34.6 Å². The van der Waals surface area contributed by atoms with Crippen LogP contribution in [0.2, 0.25) is 0 Å². The van der Waals surface area contributed by atoms with Crippen molar-refractivity contribution in [3.63, 3.8) is 0 Å². The van der Waals surface area contributed by atoms with E-state index >= 15 is 0 Å². The highest BCUT2D eigenvalue weighted by Gasteiger charge is 2.24. The zero-order chi connectivity index (χ0) is 21.7. The van der Waals surface area contributed by atoms with Crippen LogP contribution in [-0.2, 0) is 19.4 Å². The molecule has 1 atom stereocenters. The van der Waals surface area contributed by atoms with E-state index in [-0.39, 0.29) is 6.61 Å². The van der Waals surface area contributed by atoms with Crippen molar-refractivity contribution in [3.05, 3.63) is 58.9 Å². The molecule has 6 rings (SSSR count). The molecule has 0 radical (unpaired) electrons. The summed E-state index contributed by atoms with van der Waals surface area (Å²) in [5.74, 6) is 3.93. The molecule has 0 fully saturated rings. The molecule has 0 saturated carbocycles. The van der Waals surface area contributed by atoms with Gasteiger partial charge in [0.2, 0.25) is 5.82 Å². The summed E-state index contributed by atoms with van der Waals surface area (Å²) >= 11 is 1.79. The van der Waals surface area contributed by atoms with Crippen LogP contribution < -0.4 is 9.47 Å². The molecular formula is C24H22N4O3S. The molecular weight excluding hydrogens is 424 g/mol. The molecule has 7 nitrogen and oxygen atoms in total. The number of hydrogen-bond donors (Lipinski definition) is 0. The van der Waals surface area contributed by atoms with Crippen molar-refractivity contribution < 1.29 is 13.9 Å². The number of para-hydroxylation sites is 2. The third-order valence-corrected chi connectivity index (χ3v) is 7.12. The predicted octanol–water partition coefficient (Wildman–Crippen LogP) is 5.31. The van der Waals surface area contributed by atoms with Gasteiger partial charge in [-0.05, 0) is 55.0 Å². The van der Waals surface area contributed by atoms with Gasteiger partial charge in [0.15, 0.2) is 22.9 Å². The van der Waals surface area contributed by atoms with Crippen molar-refractivity contribution in [1.82, 2.24) is 19.6 Å². The molecule has 0 N–H and O–H groups in total. The summed E-state index contributed by atoms with van der Waals surface area (Å²) in [6, 6.07) is 11.3. The number of aromatic nitrogens is 4. The fraction of sp³-hybridized carbons (Fsp3) is 0.292. The lowest BCUT2D eigenvalue weighted by Crippen LogP contribution is -2.08. The number of hydrogen-bond acceptors (Lipinski definition) is 7. The van der Waals surface area contributed by atoms with E-state index in [1.54, 1.807) is 29.3 Å². The second-order valence-electron chi connectivity index (χ2n) is 8.19. The normalized spacial score (nSPS) is 15.9. The Bertz CT molecular complexity index is 1430. The summed E-state index contributed by atoms with van der Waals surface area (Å²) in [5, 5.41) is 5.77. The molecule has 32 heavy (non-hydrogen) atoms. The number of furan rings is 1. The van der Waals surface area contributed by atoms with Crippen molar-refractivity contribution in [3.8, 4) is 23.1 Å². The molecule has 0 spiro atoms. The maximum Gasteiger partial charge on any atom is 0.217 e. The van der Waals surface area contributed by atoms with Crippen molar-refractivity contribution >= 4 is 27.2 Å². The number of methoxy groups -OCH3 is 1. The zero-order valence-electron chi connectivity index (χ0n) is 17.9. The number of fused-ring (bicyclic) bond motifs is 5. The van der Waals surface area contributed by atoms with Gasteiger partial charge in [0.05, 0.1) is 12.5 Å². The van der Waals surface area contributed by atoms with Crippen molar-refractivity contribution in [2.75, 3.05) is 7.11 Å². The maximum atomic E-state index is 5.99. The van der Waals surface area contributed by atoms with Crippen LogP contribution in [0.25, 0.3) is 27.4 Å². The summed E-state index contributed by atoms with van der Waals surface area (Å²) < 4.78 is 19.0. The van der Waals surface area contributed by atoms with E-state index in [4.69, 9.17) is 18.9 Å². The molecule has 1 aromatic carbocycles. The number of aryl methyl sites for hydroxylation is 1. The summed E-state index contributed by atoms with van der Waals surface area (Å²) in [5.41, 5.74) is 2.24. The fourth-order valence-electron chi connectivity index (χ4n) is 4.31. The number of rotatable bonds is 5. The van der Waals surface area contributed by atoms with E-state index in [1.807, 2.05) is 36.4 Å². The van der Waals surface area contributed by atoms with Crippen LogP contribution >= 0.6 is 11.3 Å². The molecule has 0 saturated heterocycles. The SMILES string of the molecule is COc1ccccc1OCc1ccc(-c2nc3c4c5c(sc4ncn3n2)C[C@H](C)CC5)o1. The Labute approximate surface area is 188 Å². The molecule has 4 aromatic heterocycles. The molecule has 1 aliphatic carbocycles. The minimum absolute atomic E-state index is 0.287. The first kappa shape index (κ1) is 19.3. The summed E-state index contributed by atoms with van der Waals surface area (Å²) in [6.07, 6.45) is 5.14. The average Bonchev–Trinajstić information content (AvgIpc) is 3.53. The summed E-state index contributed by atoms with van der Waals surface area (Å²) in [7, 11) is 1.62. The molecule has 162 valence electrons. The highest BCUT2D eigenvalue weighted by molar-refractivity contribution is 7.19. The molecule has 0 aliphatic heterocycles. The van der Waals surface area contributed by atoms with Gasteiger partial charge in [-0.15, -0.1) is 16.4 Å². The van der Waals surface area contributed by atoms with Gasteiger partial charge in [0.25, 0.3) is 0 Å². The molecule has 0 amide bonds. The van der Waals surface area contributed by atoms with Crippen LogP contribution in [-0.4, -0.2) is 26.7 Å². The van der Waals surface area contributed by atoms with Gasteiger partial charge in [-0.1, -0.05) is 19.1 Å². The molecule has 8 heteroatoms. The van der Waals surface area contributed by atoms with E-state index < -0.39 is 0 Å². The number of ether oxygens (including phenoxy) is 2. The van der Waals surface area contributed by atoms with Gasteiger partial charge in [0.1, 0.15) is 23.5 Å². The highest BCUT2D eigenvalue weighted by Crippen LogP contribution is 2.39. The summed E-state index contributed by atoms with van der Waals surface area (Å²) in [6.45, 7) is 2.60. The smallest absolute Gasteiger partial charge is 0.217 e. The zero-order valence-corrected chi connectivity index (χ0v) is 18.7. The number of thiophene rings is 1. The van der Waals surface area contributed by atoms with Gasteiger partial charge >= 0.3 is 0 Å². The van der Waals surface area contributed by atoms with Gasteiger partial charge < -0.3 is 13.9 Å². The lowest BCUT2D eigenvalue weighted by Gasteiger charge is -2.17. The molecule has 4 heterocycles. The van der Waals surface area contributed by atoms with Gasteiger partial charge in [0, 0.05) is 4.88 Å². The monoisotopic (exact) mass is 446 g/mol.